The number of ether oxygens (including phenoxy) is 1. The number of hydrogen-bond acceptors (Lipinski definition) is 5. The smallest absolute Gasteiger partial charge is 0.321 e. The molecule has 0 bridgehead atoms. The molecule has 0 heterocycles. The van der Waals surface area contributed by atoms with Crippen molar-refractivity contribution in [3.05, 3.63) is 24.0 Å². The molecule has 0 radical (unpaired) electrons. The predicted molar refractivity (Wildman–Crippen MR) is 76.1 cm³/mol. The van der Waals surface area contributed by atoms with Crippen molar-refractivity contribution in [2.24, 2.45) is 0 Å². The fourth-order valence-corrected chi connectivity index (χ4v) is 3.03. The minimum atomic E-state index is -3.45. The minimum Gasteiger partial charge on any atom is -0.465 e. The van der Waals surface area contributed by atoms with Crippen LogP contribution in [0.15, 0.2) is 28.0 Å². The maximum Gasteiger partial charge on any atom is 0.321 e. The van der Waals surface area contributed by atoms with Crippen molar-refractivity contribution < 1.29 is 22.3 Å². The summed E-state index contributed by atoms with van der Waals surface area (Å²) in [4.78, 5) is 11.9. The number of benzene rings is 1. The van der Waals surface area contributed by atoms with E-state index in [1.54, 1.807) is 20.8 Å². The lowest BCUT2D eigenvalue weighted by Crippen LogP contribution is -2.30. The first-order valence-corrected chi connectivity index (χ1v) is 8.64. The number of hydrogen-bond donors (Lipinski definition) is 0. The first kappa shape index (κ1) is 17.0. The molecule has 0 fully saturated rings. The van der Waals surface area contributed by atoms with Crippen molar-refractivity contribution in [2.45, 2.75) is 35.3 Å². The molecule has 1 aromatic carbocycles. The van der Waals surface area contributed by atoms with Crippen molar-refractivity contribution in [2.75, 3.05) is 12.9 Å². The molecule has 0 aliphatic heterocycles. The van der Waals surface area contributed by atoms with Gasteiger partial charge in [-0.15, -0.1) is 11.8 Å². The molecule has 0 spiro atoms. The Morgan fingerprint density at radius 1 is 1.40 bits per heavy atom. The van der Waals surface area contributed by atoms with Crippen LogP contribution < -0.4 is 0 Å². The Balaban J connectivity index is 3.03. The molecule has 0 saturated heterocycles. The average Bonchev–Trinajstić information content (AvgIpc) is 2.30. The second-order valence-corrected chi connectivity index (χ2v) is 8.38. The standard InChI is InChI=1S/C13H17FO4S2/c1-5-18-12(15)13(2,3)19-11-7-6-9(8-10(11)14)20(4,16)17/h6-8H,5H2,1-4H3. The SMILES string of the molecule is CCOC(=O)C(C)(C)Sc1ccc(S(C)(=O)=O)cc1F. The molecular weight excluding hydrogens is 303 g/mol. The van der Waals surface area contributed by atoms with Crippen LogP contribution in [-0.4, -0.2) is 32.0 Å². The predicted octanol–water partition coefficient (Wildman–Crippen LogP) is 2.66. The molecule has 0 saturated carbocycles. The highest BCUT2D eigenvalue weighted by Gasteiger charge is 2.31. The van der Waals surface area contributed by atoms with E-state index in [9.17, 15) is 17.6 Å². The van der Waals surface area contributed by atoms with Crippen LogP contribution >= 0.6 is 11.8 Å². The van der Waals surface area contributed by atoms with Crippen molar-refractivity contribution >= 4 is 27.6 Å². The second-order valence-electron chi connectivity index (χ2n) is 4.70. The van der Waals surface area contributed by atoms with E-state index in [0.29, 0.717) is 0 Å². The molecule has 0 aromatic heterocycles. The Morgan fingerprint density at radius 3 is 2.45 bits per heavy atom. The zero-order valence-corrected chi connectivity index (χ0v) is 13.4. The second kappa shape index (κ2) is 6.13. The lowest BCUT2D eigenvalue weighted by molar-refractivity contribution is -0.145. The van der Waals surface area contributed by atoms with Gasteiger partial charge in [0.1, 0.15) is 10.6 Å². The van der Waals surface area contributed by atoms with E-state index >= 15 is 0 Å². The van der Waals surface area contributed by atoms with Crippen LogP contribution in [0.1, 0.15) is 20.8 Å². The summed E-state index contributed by atoms with van der Waals surface area (Å²) in [6, 6.07) is 3.64. The summed E-state index contributed by atoms with van der Waals surface area (Å²) >= 11 is 0.996. The average molecular weight is 320 g/mol. The van der Waals surface area contributed by atoms with Crippen LogP contribution in [0, 0.1) is 5.82 Å². The van der Waals surface area contributed by atoms with E-state index in [4.69, 9.17) is 4.74 Å². The van der Waals surface area contributed by atoms with Gasteiger partial charge >= 0.3 is 5.97 Å². The number of halogens is 1. The van der Waals surface area contributed by atoms with Crippen molar-refractivity contribution in [1.29, 1.82) is 0 Å². The Bertz CT molecular complexity index is 609. The van der Waals surface area contributed by atoms with Crippen LogP contribution in [0.5, 0.6) is 0 Å². The monoisotopic (exact) mass is 320 g/mol. The van der Waals surface area contributed by atoms with Gasteiger partial charge in [-0.2, -0.15) is 0 Å². The maximum atomic E-state index is 13.9. The molecule has 0 aliphatic rings. The summed E-state index contributed by atoms with van der Waals surface area (Å²) < 4.78 is 40.5. The van der Waals surface area contributed by atoms with E-state index in [0.717, 1.165) is 24.1 Å². The van der Waals surface area contributed by atoms with E-state index in [2.05, 4.69) is 0 Å². The summed E-state index contributed by atoms with van der Waals surface area (Å²) in [5.41, 5.74) is 0. The Hall–Kier alpha value is -1.08. The summed E-state index contributed by atoms with van der Waals surface area (Å²) in [6.07, 6.45) is 1.01. The number of sulfone groups is 1. The maximum absolute atomic E-state index is 13.9. The van der Waals surface area contributed by atoms with Crippen LogP contribution in [0.25, 0.3) is 0 Å². The topological polar surface area (TPSA) is 60.4 Å². The van der Waals surface area contributed by atoms with Gasteiger partial charge in [-0.05, 0) is 39.0 Å². The van der Waals surface area contributed by atoms with Gasteiger partial charge in [-0.1, -0.05) is 0 Å². The Morgan fingerprint density at radius 2 is 2.00 bits per heavy atom. The largest absolute Gasteiger partial charge is 0.465 e. The first-order chi connectivity index (χ1) is 9.08. The Labute approximate surface area is 122 Å². The zero-order valence-electron chi connectivity index (χ0n) is 11.8. The van der Waals surface area contributed by atoms with E-state index < -0.39 is 26.4 Å². The number of thioether (sulfide) groups is 1. The van der Waals surface area contributed by atoms with E-state index in [1.807, 2.05) is 0 Å². The van der Waals surface area contributed by atoms with E-state index in [-0.39, 0.29) is 16.4 Å². The van der Waals surface area contributed by atoms with Gasteiger partial charge in [-0.3, -0.25) is 4.79 Å². The number of rotatable bonds is 5. The van der Waals surface area contributed by atoms with E-state index in [1.165, 1.54) is 12.1 Å². The van der Waals surface area contributed by atoms with Crippen molar-refractivity contribution in [1.82, 2.24) is 0 Å². The minimum absolute atomic E-state index is 0.0895. The lowest BCUT2D eigenvalue weighted by atomic mass is 10.2. The van der Waals surface area contributed by atoms with Crippen LogP contribution in [-0.2, 0) is 19.4 Å². The summed E-state index contributed by atoms with van der Waals surface area (Å²) in [6.45, 7) is 5.19. The van der Waals surface area contributed by atoms with Crippen LogP contribution in [0.2, 0.25) is 0 Å². The molecule has 0 aliphatic carbocycles. The summed E-state index contributed by atoms with van der Waals surface area (Å²) in [7, 11) is -3.45. The number of carbonyl (C=O) groups excluding carboxylic acids is 1. The number of carbonyl (C=O) groups is 1. The molecule has 0 amide bonds. The quantitative estimate of drug-likeness (QED) is 0.616. The third-order valence-corrected chi connectivity index (χ3v) is 4.80. The molecule has 0 atom stereocenters. The van der Waals surface area contributed by atoms with Crippen molar-refractivity contribution in [3.63, 3.8) is 0 Å². The molecule has 20 heavy (non-hydrogen) atoms. The van der Waals surface area contributed by atoms with Gasteiger partial charge < -0.3 is 4.74 Å². The van der Waals surface area contributed by atoms with Gasteiger partial charge in [0.2, 0.25) is 0 Å². The highest BCUT2D eigenvalue weighted by Crippen LogP contribution is 2.35. The van der Waals surface area contributed by atoms with Crippen LogP contribution in [0.4, 0.5) is 4.39 Å². The molecule has 112 valence electrons. The third kappa shape index (κ3) is 4.21. The van der Waals surface area contributed by atoms with Crippen molar-refractivity contribution in [3.8, 4) is 0 Å². The highest BCUT2D eigenvalue weighted by atomic mass is 32.2. The Kier molecular flexibility index (Phi) is 5.21. The number of esters is 1. The first-order valence-electron chi connectivity index (χ1n) is 5.94. The highest BCUT2D eigenvalue weighted by molar-refractivity contribution is 8.01. The summed E-state index contributed by atoms with van der Waals surface area (Å²) in [5.74, 6) is -1.12. The molecule has 0 N–H and O–H groups in total. The molecule has 1 aromatic rings. The van der Waals surface area contributed by atoms with Crippen LogP contribution in [0.3, 0.4) is 0 Å². The summed E-state index contributed by atoms with van der Waals surface area (Å²) in [5, 5.41) is 0. The third-order valence-electron chi connectivity index (χ3n) is 2.46. The zero-order chi connectivity index (χ0) is 15.6. The van der Waals surface area contributed by atoms with Gasteiger partial charge in [0, 0.05) is 11.2 Å². The molecule has 0 unspecified atom stereocenters. The van der Waals surface area contributed by atoms with Gasteiger partial charge in [0.05, 0.1) is 11.5 Å². The fourth-order valence-electron chi connectivity index (χ4n) is 1.42. The van der Waals surface area contributed by atoms with Gasteiger partial charge in [-0.25, -0.2) is 12.8 Å². The fraction of sp³-hybridized carbons (Fsp3) is 0.462. The van der Waals surface area contributed by atoms with Gasteiger partial charge in [0.15, 0.2) is 9.84 Å². The molecule has 1 rings (SSSR count). The lowest BCUT2D eigenvalue weighted by Gasteiger charge is -2.21. The normalized spacial score (nSPS) is 12.2. The molecule has 7 heteroatoms. The molecular formula is C13H17FO4S2. The molecule has 4 nitrogen and oxygen atoms in total. The van der Waals surface area contributed by atoms with Gasteiger partial charge in [0.25, 0.3) is 0 Å².